The van der Waals surface area contributed by atoms with Gasteiger partial charge in [-0.3, -0.25) is 10.1 Å². The average molecular weight is 307 g/mol. The Bertz CT molecular complexity index is 624. The lowest BCUT2D eigenvalue weighted by molar-refractivity contribution is -0.126. The Labute approximate surface area is 128 Å². The topological polar surface area (TPSA) is 77.2 Å². The van der Waals surface area contributed by atoms with Crippen molar-refractivity contribution < 1.29 is 9.53 Å². The fourth-order valence-corrected chi connectivity index (χ4v) is 2.68. The van der Waals surface area contributed by atoms with Crippen LogP contribution >= 0.6 is 11.3 Å². The van der Waals surface area contributed by atoms with Crippen molar-refractivity contribution in [3.05, 3.63) is 18.2 Å². The zero-order valence-corrected chi connectivity index (χ0v) is 13.4. The van der Waals surface area contributed by atoms with E-state index in [1.165, 1.54) is 11.3 Å². The van der Waals surface area contributed by atoms with Crippen molar-refractivity contribution in [2.45, 2.75) is 33.3 Å². The fraction of sp³-hybridized carbons (Fsp3) is 0.467. The number of carbonyl (C=O) groups excluding carboxylic acids is 1. The van der Waals surface area contributed by atoms with Crippen LogP contribution in [0.15, 0.2) is 18.2 Å². The monoisotopic (exact) mass is 307 g/mol. The second-order valence-electron chi connectivity index (χ2n) is 5.43. The molecule has 1 heterocycles. The molecule has 0 bridgehead atoms. The first kappa shape index (κ1) is 15.7. The Morgan fingerprint density at radius 1 is 1.43 bits per heavy atom. The molecule has 2 aromatic rings. The van der Waals surface area contributed by atoms with E-state index in [4.69, 9.17) is 10.5 Å². The fourth-order valence-electron chi connectivity index (χ4n) is 1.76. The molecule has 114 valence electrons. The van der Waals surface area contributed by atoms with Gasteiger partial charge in [0.2, 0.25) is 0 Å². The van der Waals surface area contributed by atoms with Crippen LogP contribution in [0.3, 0.4) is 0 Å². The van der Waals surface area contributed by atoms with Crippen LogP contribution in [-0.4, -0.2) is 23.6 Å². The number of nitrogen functional groups attached to an aromatic ring is 1. The lowest BCUT2D eigenvalue weighted by Crippen LogP contribution is -2.28. The second kappa shape index (κ2) is 6.87. The molecular weight excluding hydrogens is 286 g/mol. The van der Waals surface area contributed by atoms with E-state index in [1.807, 2.05) is 12.1 Å². The van der Waals surface area contributed by atoms with Gasteiger partial charge in [-0.2, -0.15) is 0 Å². The molecule has 0 saturated carbocycles. The van der Waals surface area contributed by atoms with Crippen molar-refractivity contribution in [1.82, 2.24) is 4.98 Å². The maximum Gasteiger partial charge on any atom is 0.254 e. The Balaban J connectivity index is 1.94. The van der Waals surface area contributed by atoms with Crippen LogP contribution in [-0.2, 0) is 9.53 Å². The van der Waals surface area contributed by atoms with Gasteiger partial charge in [-0.1, -0.05) is 25.2 Å². The van der Waals surface area contributed by atoms with Crippen LogP contribution in [0.1, 0.15) is 27.2 Å². The van der Waals surface area contributed by atoms with E-state index in [0.717, 1.165) is 16.6 Å². The van der Waals surface area contributed by atoms with Crippen molar-refractivity contribution in [2.75, 3.05) is 17.7 Å². The second-order valence-corrected chi connectivity index (χ2v) is 6.46. The third-order valence-corrected chi connectivity index (χ3v) is 4.01. The number of hydrogen-bond acceptors (Lipinski definition) is 5. The number of benzene rings is 1. The van der Waals surface area contributed by atoms with Gasteiger partial charge in [0, 0.05) is 12.3 Å². The molecule has 2 rings (SSSR count). The molecule has 1 aromatic heterocycles. The van der Waals surface area contributed by atoms with Crippen LogP contribution in [0, 0.1) is 5.92 Å². The Morgan fingerprint density at radius 2 is 2.19 bits per heavy atom. The van der Waals surface area contributed by atoms with Gasteiger partial charge in [-0.25, -0.2) is 4.98 Å². The predicted octanol–water partition coefficient (Wildman–Crippen LogP) is 3.27. The minimum Gasteiger partial charge on any atom is -0.399 e. The minimum absolute atomic E-state index is 0.175. The number of thiazole rings is 1. The molecule has 1 amide bonds. The number of ether oxygens (including phenoxy) is 1. The number of nitrogens with one attached hydrogen (secondary N) is 1. The van der Waals surface area contributed by atoms with Crippen molar-refractivity contribution in [3.63, 3.8) is 0 Å². The molecular formula is C15H21N3O2S. The zero-order valence-electron chi connectivity index (χ0n) is 12.6. The van der Waals surface area contributed by atoms with Crippen LogP contribution in [0.2, 0.25) is 0 Å². The summed E-state index contributed by atoms with van der Waals surface area (Å²) in [7, 11) is 0. The highest BCUT2D eigenvalue weighted by molar-refractivity contribution is 7.22. The molecule has 1 unspecified atom stereocenters. The van der Waals surface area contributed by atoms with Crippen LogP contribution in [0.4, 0.5) is 10.8 Å². The molecule has 0 aliphatic rings. The number of fused-ring (bicyclic) bond motifs is 1. The summed E-state index contributed by atoms with van der Waals surface area (Å²) in [6.45, 7) is 6.59. The molecule has 6 heteroatoms. The minimum atomic E-state index is -0.485. The number of aromatic nitrogens is 1. The van der Waals surface area contributed by atoms with Crippen LogP contribution in [0.25, 0.3) is 10.2 Å². The standard InChI is InChI=1S/C15H21N3O2S/c1-9(2)6-7-20-10(3)14(19)18-15-17-12-5-4-11(16)8-13(12)21-15/h4-5,8-10H,6-7,16H2,1-3H3,(H,17,18,19). The average Bonchev–Trinajstić information content (AvgIpc) is 2.79. The molecule has 0 spiro atoms. The van der Waals surface area contributed by atoms with Gasteiger partial charge in [0.15, 0.2) is 5.13 Å². The van der Waals surface area contributed by atoms with E-state index in [2.05, 4.69) is 24.1 Å². The lowest BCUT2D eigenvalue weighted by Gasteiger charge is -2.12. The molecule has 1 aromatic carbocycles. The number of nitrogens with zero attached hydrogens (tertiary/aromatic N) is 1. The number of anilines is 2. The van der Waals surface area contributed by atoms with E-state index >= 15 is 0 Å². The summed E-state index contributed by atoms with van der Waals surface area (Å²) in [5, 5.41) is 3.36. The van der Waals surface area contributed by atoms with Crippen molar-refractivity contribution in [3.8, 4) is 0 Å². The van der Waals surface area contributed by atoms with E-state index in [9.17, 15) is 4.79 Å². The molecule has 0 fully saturated rings. The summed E-state index contributed by atoms with van der Waals surface area (Å²) in [6.07, 6.45) is 0.457. The van der Waals surface area contributed by atoms with Crippen LogP contribution < -0.4 is 11.1 Å². The van der Waals surface area contributed by atoms with Gasteiger partial charge >= 0.3 is 0 Å². The Kier molecular flexibility index (Phi) is 5.14. The highest BCUT2D eigenvalue weighted by atomic mass is 32.1. The molecule has 0 saturated heterocycles. The Hall–Kier alpha value is -1.66. The summed E-state index contributed by atoms with van der Waals surface area (Å²) in [5.74, 6) is 0.390. The normalized spacial score (nSPS) is 12.8. The molecule has 0 aliphatic heterocycles. The number of amides is 1. The van der Waals surface area contributed by atoms with E-state index in [1.54, 1.807) is 13.0 Å². The van der Waals surface area contributed by atoms with Gasteiger partial charge in [0.25, 0.3) is 5.91 Å². The number of hydrogen-bond donors (Lipinski definition) is 2. The maximum absolute atomic E-state index is 12.0. The van der Waals surface area contributed by atoms with E-state index in [0.29, 0.717) is 23.3 Å². The third-order valence-electron chi connectivity index (χ3n) is 3.07. The quantitative estimate of drug-likeness (QED) is 0.803. The van der Waals surface area contributed by atoms with Crippen LogP contribution in [0.5, 0.6) is 0 Å². The number of rotatable bonds is 6. The van der Waals surface area contributed by atoms with Gasteiger partial charge in [0.1, 0.15) is 6.10 Å². The maximum atomic E-state index is 12.0. The summed E-state index contributed by atoms with van der Waals surface area (Å²) in [6, 6.07) is 5.50. The third kappa shape index (κ3) is 4.41. The van der Waals surface area contributed by atoms with Crippen molar-refractivity contribution in [2.24, 2.45) is 5.92 Å². The van der Waals surface area contributed by atoms with E-state index in [-0.39, 0.29) is 5.91 Å². The van der Waals surface area contributed by atoms with Gasteiger partial charge in [0.05, 0.1) is 10.2 Å². The Morgan fingerprint density at radius 3 is 2.90 bits per heavy atom. The number of nitrogens with two attached hydrogens (primary N) is 1. The molecule has 5 nitrogen and oxygen atoms in total. The largest absolute Gasteiger partial charge is 0.399 e. The summed E-state index contributed by atoms with van der Waals surface area (Å²) in [4.78, 5) is 16.4. The first-order valence-electron chi connectivity index (χ1n) is 7.04. The highest BCUT2D eigenvalue weighted by Crippen LogP contribution is 2.27. The SMILES string of the molecule is CC(C)CCOC(C)C(=O)Nc1nc2ccc(N)cc2s1. The van der Waals surface area contributed by atoms with Crippen molar-refractivity contribution >= 4 is 38.3 Å². The summed E-state index contributed by atoms with van der Waals surface area (Å²) < 4.78 is 6.48. The van der Waals surface area contributed by atoms with Crippen molar-refractivity contribution in [1.29, 1.82) is 0 Å². The van der Waals surface area contributed by atoms with Gasteiger partial charge < -0.3 is 10.5 Å². The first-order valence-corrected chi connectivity index (χ1v) is 7.86. The molecule has 1 atom stereocenters. The first-order chi connectivity index (χ1) is 9.95. The molecule has 0 aliphatic carbocycles. The van der Waals surface area contributed by atoms with Gasteiger partial charge in [-0.15, -0.1) is 0 Å². The van der Waals surface area contributed by atoms with E-state index < -0.39 is 6.10 Å². The molecule has 0 radical (unpaired) electrons. The lowest BCUT2D eigenvalue weighted by atomic mass is 10.1. The molecule has 21 heavy (non-hydrogen) atoms. The predicted molar refractivity (Wildman–Crippen MR) is 87.5 cm³/mol. The molecule has 3 N–H and O–H groups in total. The van der Waals surface area contributed by atoms with Gasteiger partial charge in [-0.05, 0) is 37.5 Å². The number of carbonyl (C=O) groups is 1. The highest BCUT2D eigenvalue weighted by Gasteiger charge is 2.15. The zero-order chi connectivity index (χ0) is 15.4. The summed E-state index contributed by atoms with van der Waals surface area (Å²) in [5.41, 5.74) is 7.25. The summed E-state index contributed by atoms with van der Waals surface area (Å²) >= 11 is 1.41. The smallest absolute Gasteiger partial charge is 0.254 e.